The number of hydrogen-bond acceptors (Lipinski definition) is 4. The molecule has 1 N–H and O–H groups in total. The summed E-state index contributed by atoms with van der Waals surface area (Å²) in [5.41, 5.74) is 1.76. The van der Waals surface area contributed by atoms with E-state index >= 15 is 0 Å². The van der Waals surface area contributed by atoms with E-state index in [9.17, 15) is 14.9 Å². The quantitative estimate of drug-likeness (QED) is 0.639. The van der Waals surface area contributed by atoms with E-state index in [4.69, 9.17) is 11.6 Å². The lowest BCUT2D eigenvalue weighted by atomic mass is 10.1. The van der Waals surface area contributed by atoms with E-state index in [-0.39, 0.29) is 23.8 Å². The number of benzene rings is 2. The SMILES string of the molecule is Cc1cccc([N+](=O)[O-])c1NC(=O)CN(C)Cc1cccc(Cl)c1. The first-order valence-corrected chi connectivity index (χ1v) is 7.71. The summed E-state index contributed by atoms with van der Waals surface area (Å²) in [7, 11) is 1.80. The predicted molar refractivity (Wildman–Crippen MR) is 94.2 cm³/mol. The summed E-state index contributed by atoms with van der Waals surface area (Å²) in [4.78, 5) is 24.6. The summed E-state index contributed by atoms with van der Waals surface area (Å²) in [6.45, 7) is 2.38. The van der Waals surface area contributed by atoms with Crippen LogP contribution in [0.25, 0.3) is 0 Å². The predicted octanol–water partition coefficient (Wildman–Crippen LogP) is 3.63. The Morgan fingerprint density at radius 2 is 2.00 bits per heavy atom. The van der Waals surface area contributed by atoms with Crippen LogP contribution in [-0.4, -0.2) is 29.3 Å². The van der Waals surface area contributed by atoms with Gasteiger partial charge in [0.05, 0.1) is 11.5 Å². The van der Waals surface area contributed by atoms with Gasteiger partial charge in [-0.25, -0.2) is 0 Å². The Balaban J connectivity index is 2.02. The number of nitro groups is 1. The fraction of sp³-hybridized carbons (Fsp3) is 0.235. The first kappa shape index (κ1) is 17.9. The van der Waals surface area contributed by atoms with Gasteiger partial charge in [-0.1, -0.05) is 35.9 Å². The zero-order valence-electron chi connectivity index (χ0n) is 13.5. The highest BCUT2D eigenvalue weighted by molar-refractivity contribution is 6.30. The maximum Gasteiger partial charge on any atom is 0.293 e. The number of hydrogen-bond donors (Lipinski definition) is 1. The zero-order chi connectivity index (χ0) is 17.7. The van der Waals surface area contributed by atoms with E-state index in [2.05, 4.69) is 5.32 Å². The second-order valence-corrected chi connectivity index (χ2v) is 6.01. The first-order chi connectivity index (χ1) is 11.4. The molecule has 0 saturated heterocycles. The average molecular weight is 348 g/mol. The Kier molecular flexibility index (Phi) is 5.89. The fourth-order valence-electron chi connectivity index (χ4n) is 2.39. The molecule has 2 rings (SSSR count). The molecule has 0 atom stereocenters. The van der Waals surface area contributed by atoms with Gasteiger partial charge in [0.25, 0.3) is 5.69 Å². The van der Waals surface area contributed by atoms with Crippen molar-refractivity contribution >= 4 is 28.9 Å². The van der Waals surface area contributed by atoms with Gasteiger partial charge in [-0.2, -0.15) is 0 Å². The van der Waals surface area contributed by atoms with Gasteiger partial charge in [0.2, 0.25) is 5.91 Å². The van der Waals surface area contributed by atoms with Crippen LogP contribution in [0, 0.1) is 17.0 Å². The molecule has 7 heteroatoms. The highest BCUT2D eigenvalue weighted by atomic mass is 35.5. The molecule has 0 unspecified atom stereocenters. The summed E-state index contributed by atoms with van der Waals surface area (Å²) >= 11 is 5.94. The van der Waals surface area contributed by atoms with E-state index in [1.165, 1.54) is 6.07 Å². The van der Waals surface area contributed by atoms with E-state index in [0.29, 0.717) is 17.1 Å². The molecule has 0 aliphatic carbocycles. The monoisotopic (exact) mass is 347 g/mol. The van der Waals surface area contributed by atoms with Crippen LogP contribution in [0.3, 0.4) is 0 Å². The molecule has 0 aliphatic heterocycles. The molecule has 0 spiro atoms. The van der Waals surface area contributed by atoms with Crippen molar-refractivity contribution in [3.8, 4) is 0 Å². The van der Waals surface area contributed by atoms with Crippen LogP contribution in [-0.2, 0) is 11.3 Å². The lowest BCUT2D eigenvalue weighted by molar-refractivity contribution is -0.384. The highest BCUT2D eigenvalue weighted by Gasteiger charge is 2.18. The number of carbonyl (C=O) groups excluding carboxylic acids is 1. The Labute approximate surface area is 145 Å². The van der Waals surface area contributed by atoms with E-state index in [0.717, 1.165) is 5.56 Å². The molecule has 0 fully saturated rings. The van der Waals surface area contributed by atoms with Gasteiger partial charge in [-0.05, 0) is 37.2 Å². The van der Waals surface area contributed by atoms with Crippen molar-refractivity contribution in [1.29, 1.82) is 0 Å². The van der Waals surface area contributed by atoms with Gasteiger partial charge in [0, 0.05) is 17.6 Å². The summed E-state index contributed by atoms with van der Waals surface area (Å²) in [6.07, 6.45) is 0. The number of nitrogens with zero attached hydrogens (tertiary/aromatic N) is 2. The second kappa shape index (κ2) is 7.90. The molecule has 6 nitrogen and oxygen atoms in total. The van der Waals surface area contributed by atoms with E-state index < -0.39 is 4.92 Å². The molecule has 1 amide bonds. The summed E-state index contributed by atoms with van der Waals surface area (Å²) in [5.74, 6) is -0.308. The Bertz CT molecular complexity index is 764. The average Bonchev–Trinajstić information content (AvgIpc) is 2.48. The van der Waals surface area contributed by atoms with E-state index in [1.807, 2.05) is 23.1 Å². The minimum absolute atomic E-state index is 0.109. The third-order valence-electron chi connectivity index (χ3n) is 3.47. The van der Waals surface area contributed by atoms with Gasteiger partial charge >= 0.3 is 0 Å². The molecule has 0 aromatic heterocycles. The fourth-order valence-corrected chi connectivity index (χ4v) is 2.61. The topological polar surface area (TPSA) is 75.5 Å². The second-order valence-electron chi connectivity index (χ2n) is 5.58. The largest absolute Gasteiger partial charge is 0.319 e. The molecule has 2 aromatic rings. The minimum atomic E-state index is -0.502. The van der Waals surface area contributed by atoms with Crippen molar-refractivity contribution in [3.05, 3.63) is 68.7 Å². The molecule has 0 bridgehead atoms. The third-order valence-corrected chi connectivity index (χ3v) is 3.70. The zero-order valence-corrected chi connectivity index (χ0v) is 14.2. The summed E-state index contributed by atoms with van der Waals surface area (Å²) in [5, 5.41) is 14.4. The number of anilines is 1. The first-order valence-electron chi connectivity index (χ1n) is 7.33. The molecule has 2 aromatic carbocycles. The maximum absolute atomic E-state index is 12.2. The van der Waals surface area contributed by atoms with Crippen LogP contribution in [0.2, 0.25) is 5.02 Å². The third kappa shape index (κ3) is 4.78. The number of para-hydroxylation sites is 1. The maximum atomic E-state index is 12.2. The molecule has 0 saturated carbocycles. The minimum Gasteiger partial charge on any atom is -0.319 e. The van der Waals surface area contributed by atoms with Gasteiger partial charge in [0.1, 0.15) is 5.69 Å². The Morgan fingerprint density at radius 1 is 1.29 bits per heavy atom. The number of halogens is 1. The van der Waals surface area contributed by atoms with Crippen molar-refractivity contribution in [2.24, 2.45) is 0 Å². The number of carbonyl (C=O) groups is 1. The van der Waals surface area contributed by atoms with Crippen LogP contribution in [0.1, 0.15) is 11.1 Å². The van der Waals surface area contributed by atoms with Crippen molar-refractivity contribution in [2.45, 2.75) is 13.5 Å². The van der Waals surface area contributed by atoms with Crippen LogP contribution in [0.4, 0.5) is 11.4 Å². The van der Waals surface area contributed by atoms with Gasteiger partial charge in [0.15, 0.2) is 0 Å². The number of nitrogens with one attached hydrogen (secondary N) is 1. The molecule has 0 radical (unpaired) electrons. The summed E-state index contributed by atoms with van der Waals surface area (Å²) < 4.78 is 0. The molecular formula is C17H18ClN3O3. The standard InChI is InChI=1S/C17H18ClN3O3/c1-12-5-3-8-15(21(23)24)17(12)19-16(22)11-20(2)10-13-6-4-7-14(18)9-13/h3-9H,10-11H2,1-2H3,(H,19,22). The van der Waals surface area contributed by atoms with Crippen molar-refractivity contribution in [3.63, 3.8) is 0 Å². The van der Waals surface area contributed by atoms with Crippen molar-refractivity contribution in [2.75, 3.05) is 18.9 Å². The number of likely N-dealkylation sites (N-methyl/N-ethyl adjacent to an activating group) is 1. The van der Waals surface area contributed by atoms with Crippen LogP contribution in [0.5, 0.6) is 0 Å². The van der Waals surface area contributed by atoms with E-state index in [1.54, 1.807) is 32.2 Å². The Morgan fingerprint density at radius 3 is 2.67 bits per heavy atom. The smallest absolute Gasteiger partial charge is 0.293 e. The van der Waals surface area contributed by atoms with Crippen LogP contribution in [0.15, 0.2) is 42.5 Å². The highest BCUT2D eigenvalue weighted by Crippen LogP contribution is 2.27. The molecule has 24 heavy (non-hydrogen) atoms. The van der Waals surface area contributed by atoms with Gasteiger partial charge < -0.3 is 5.32 Å². The number of aryl methyl sites for hydroxylation is 1. The molecule has 0 aliphatic rings. The number of nitro benzene ring substituents is 1. The van der Waals surface area contributed by atoms with Gasteiger partial charge in [-0.3, -0.25) is 19.8 Å². The molecular weight excluding hydrogens is 330 g/mol. The number of rotatable bonds is 6. The van der Waals surface area contributed by atoms with Crippen LogP contribution >= 0.6 is 11.6 Å². The summed E-state index contributed by atoms with van der Waals surface area (Å²) in [6, 6.07) is 12.1. The number of amides is 1. The molecule has 126 valence electrons. The Hall–Kier alpha value is -2.44. The van der Waals surface area contributed by atoms with Crippen molar-refractivity contribution < 1.29 is 9.72 Å². The normalized spacial score (nSPS) is 10.7. The van der Waals surface area contributed by atoms with Crippen molar-refractivity contribution in [1.82, 2.24) is 4.90 Å². The van der Waals surface area contributed by atoms with Crippen LogP contribution < -0.4 is 5.32 Å². The van der Waals surface area contributed by atoms with Gasteiger partial charge in [-0.15, -0.1) is 0 Å². The lowest BCUT2D eigenvalue weighted by Gasteiger charge is -2.17. The molecule has 0 heterocycles. The lowest BCUT2D eigenvalue weighted by Crippen LogP contribution is -2.30.